The number of hydrogen-bond acceptors (Lipinski definition) is 2. The van der Waals surface area contributed by atoms with Gasteiger partial charge in [0, 0.05) is 17.3 Å². The number of ketones is 1. The lowest BCUT2D eigenvalue weighted by Gasteiger charge is -2.07. The van der Waals surface area contributed by atoms with Crippen LogP contribution in [0.2, 0.25) is 0 Å². The van der Waals surface area contributed by atoms with E-state index in [2.05, 4.69) is 15.9 Å². The molecule has 0 aromatic heterocycles. The van der Waals surface area contributed by atoms with E-state index in [1.165, 1.54) is 13.2 Å². The molecule has 0 atom stereocenters. The summed E-state index contributed by atoms with van der Waals surface area (Å²) in [5.41, 5.74) is 1.29. The standard InChI is InChI=1S/C16H14BrFO2/c1-20-15-4-2-3-12(16(15)18)10-14(19)9-11-5-7-13(17)8-6-11/h2-8H,9-10H2,1H3. The van der Waals surface area contributed by atoms with Gasteiger partial charge in [-0.05, 0) is 29.3 Å². The molecule has 4 heteroatoms. The van der Waals surface area contributed by atoms with Crippen LogP contribution in [-0.4, -0.2) is 12.9 Å². The molecule has 2 aromatic rings. The Kier molecular flexibility index (Phi) is 4.90. The molecule has 0 radical (unpaired) electrons. The summed E-state index contributed by atoms with van der Waals surface area (Å²) in [6.45, 7) is 0. The molecule has 0 unspecified atom stereocenters. The zero-order valence-electron chi connectivity index (χ0n) is 11.0. The van der Waals surface area contributed by atoms with Crippen molar-refractivity contribution in [3.8, 4) is 5.75 Å². The topological polar surface area (TPSA) is 26.3 Å². The lowest BCUT2D eigenvalue weighted by molar-refractivity contribution is -0.117. The van der Waals surface area contributed by atoms with Crippen LogP contribution in [0.15, 0.2) is 46.9 Å². The number of methoxy groups -OCH3 is 1. The Morgan fingerprint density at radius 1 is 1.15 bits per heavy atom. The number of carbonyl (C=O) groups is 1. The summed E-state index contributed by atoms with van der Waals surface area (Å²) in [4.78, 5) is 12.0. The molecule has 0 bridgehead atoms. The molecule has 0 saturated heterocycles. The molecule has 0 aliphatic carbocycles. The van der Waals surface area contributed by atoms with Crippen molar-refractivity contribution in [2.45, 2.75) is 12.8 Å². The minimum Gasteiger partial charge on any atom is -0.494 e. The van der Waals surface area contributed by atoms with Crippen molar-refractivity contribution in [2.24, 2.45) is 0 Å². The van der Waals surface area contributed by atoms with E-state index < -0.39 is 5.82 Å². The van der Waals surface area contributed by atoms with Crippen molar-refractivity contribution >= 4 is 21.7 Å². The zero-order valence-corrected chi connectivity index (χ0v) is 12.6. The Labute approximate surface area is 125 Å². The Morgan fingerprint density at radius 2 is 1.85 bits per heavy atom. The quantitative estimate of drug-likeness (QED) is 0.826. The molecule has 0 heterocycles. The summed E-state index contributed by atoms with van der Waals surface area (Å²) in [6.07, 6.45) is 0.364. The van der Waals surface area contributed by atoms with E-state index in [1.807, 2.05) is 24.3 Å². The summed E-state index contributed by atoms with van der Waals surface area (Å²) in [5, 5.41) is 0. The second-order valence-corrected chi connectivity index (χ2v) is 5.37. The van der Waals surface area contributed by atoms with Gasteiger partial charge in [-0.3, -0.25) is 4.79 Å². The molecule has 2 nitrogen and oxygen atoms in total. The molecule has 0 fully saturated rings. The third-order valence-electron chi connectivity index (χ3n) is 2.97. The molecule has 0 saturated carbocycles. The lowest BCUT2D eigenvalue weighted by Crippen LogP contribution is -2.08. The summed E-state index contributed by atoms with van der Waals surface area (Å²) >= 11 is 3.34. The van der Waals surface area contributed by atoms with Crippen molar-refractivity contribution in [1.82, 2.24) is 0 Å². The highest BCUT2D eigenvalue weighted by Crippen LogP contribution is 2.21. The van der Waals surface area contributed by atoms with Crippen LogP contribution < -0.4 is 4.74 Å². The van der Waals surface area contributed by atoms with Crippen molar-refractivity contribution < 1.29 is 13.9 Å². The van der Waals surface area contributed by atoms with Crippen molar-refractivity contribution in [3.63, 3.8) is 0 Å². The van der Waals surface area contributed by atoms with Crippen LogP contribution in [0.25, 0.3) is 0 Å². The second-order valence-electron chi connectivity index (χ2n) is 4.45. The maximum Gasteiger partial charge on any atom is 0.168 e. The van der Waals surface area contributed by atoms with Crippen molar-refractivity contribution in [1.29, 1.82) is 0 Å². The maximum atomic E-state index is 13.9. The largest absolute Gasteiger partial charge is 0.494 e. The number of ether oxygens (including phenoxy) is 1. The molecular weight excluding hydrogens is 323 g/mol. The number of rotatable bonds is 5. The predicted molar refractivity (Wildman–Crippen MR) is 79.5 cm³/mol. The van der Waals surface area contributed by atoms with Crippen molar-refractivity contribution in [2.75, 3.05) is 7.11 Å². The zero-order chi connectivity index (χ0) is 14.5. The SMILES string of the molecule is COc1cccc(CC(=O)Cc2ccc(Br)cc2)c1F. The highest BCUT2D eigenvalue weighted by atomic mass is 79.9. The molecule has 2 aromatic carbocycles. The molecule has 20 heavy (non-hydrogen) atoms. The Hall–Kier alpha value is -1.68. The fourth-order valence-corrected chi connectivity index (χ4v) is 2.22. The molecular formula is C16H14BrFO2. The number of carbonyl (C=O) groups excluding carboxylic acids is 1. The Balaban J connectivity index is 2.06. The molecule has 2 rings (SSSR count). The van der Waals surface area contributed by atoms with Gasteiger partial charge < -0.3 is 4.74 Å². The van der Waals surface area contributed by atoms with Gasteiger partial charge in [0.15, 0.2) is 11.6 Å². The van der Waals surface area contributed by atoms with Gasteiger partial charge in [0.05, 0.1) is 7.11 Å². The van der Waals surface area contributed by atoms with E-state index in [4.69, 9.17) is 4.74 Å². The van der Waals surface area contributed by atoms with E-state index in [1.54, 1.807) is 12.1 Å². The van der Waals surface area contributed by atoms with Gasteiger partial charge in [0.1, 0.15) is 5.78 Å². The number of Topliss-reactive ketones (excluding diaryl/α,β-unsaturated/α-hetero) is 1. The third-order valence-corrected chi connectivity index (χ3v) is 3.49. The predicted octanol–water partition coefficient (Wildman–Crippen LogP) is 3.95. The van der Waals surface area contributed by atoms with E-state index in [-0.39, 0.29) is 18.0 Å². The van der Waals surface area contributed by atoms with Crippen LogP contribution in [0.1, 0.15) is 11.1 Å². The number of benzene rings is 2. The third kappa shape index (κ3) is 3.67. The minimum atomic E-state index is -0.459. The van der Waals surface area contributed by atoms with Gasteiger partial charge in [0.25, 0.3) is 0 Å². The van der Waals surface area contributed by atoms with Crippen LogP contribution >= 0.6 is 15.9 Å². The normalized spacial score (nSPS) is 10.3. The fourth-order valence-electron chi connectivity index (χ4n) is 1.96. The molecule has 0 aliphatic rings. The van der Waals surface area contributed by atoms with Gasteiger partial charge in [0.2, 0.25) is 0 Å². The van der Waals surface area contributed by atoms with Crippen LogP contribution in [0.4, 0.5) is 4.39 Å². The monoisotopic (exact) mass is 336 g/mol. The molecule has 0 amide bonds. The van der Waals surface area contributed by atoms with Gasteiger partial charge in [-0.25, -0.2) is 4.39 Å². The van der Waals surface area contributed by atoms with Crippen molar-refractivity contribution in [3.05, 3.63) is 63.9 Å². The van der Waals surface area contributed by atoms with Gasteiger partial charge in [-0.15, -0.1) is 0 Å². The first kappa shape index (κ1) is 14.7. The van der Waals surface area contributed by atoms with Crippen LogP contribution in [0.5, 0.6) is 5.75 Å². The summed E-state index contributed by atoms with van der Waals surface area (Å²) < 4.78 is 19.8. The molecule has 104 valence electrons. The fraction of sp³-hybridized carbons (Fsp3) is 0.188. The first-order valence-corrected chi connectivity index (χ1v) is 6.97. The van der Waals surface area contributed by atoms with Gasteiger partial charge >= 0.3 is 0 Å². The first-order chi connectivity index (χ1) is 9.60. The van der Waals surface area contributed by atoms with E-state index >= 15 is 0 Å². The van der Waals surface area contributed by atoms with Gasteiger partial charge in [-0.2, -0.15) is 0 Å². The second kappa shape index (κ2) is 6.66. The number of halogens is 2. The first-order valence-electron chi connectivity index (χ1n) is 6.17. The maximum absolute atomic E-state index is 13.9. The minimum absolute atomic E-state index is 0.0283. The highest BCUT2D eigenvalue weighted by molar-refractivity contribution is 9.10. The summed E-state index contributed by atoms with van der Waals surface area (Å²) in [7, 11) is 1.41. The Bertz CT molecular complexity index is 608. The average Bonchev–Trinajstić information content (AvgIpc) is 2.44. The van der Waals surface area contributed by atoms with Gasteiger partial charge in [-0.1, -0.05) is 40.2 Å². The van der Waals surface area contributed by atoms with E-state index in [0.29, 0.717) is 12.0 Å². The number of hydrogen-bond donors (Lipinski definition) is 0. The van der Waals surface area contributed by atoms with Crippen LogP contribution in [-0.2, 0) is 17.6 Å². The van der Waals surface area contributed by atoms with E-state index in [0.717, 1.165) is 10.0 Å². The van der Waals surface area contributed by atoms with E-state index in [9.17, 15) is 9.18 Å². The smallest absolute Gasteiger partial charge is 0.168 e. The lowest BCUT2D eigenvalue weighted by atomic mass is 10.0. The molecule has 0 spiro atoms. The molecule has 0 aliphatic heterocycles. The summed E-state index contributed by atoms with van der Waals surface area (Å²) in [5.74, 6) is -0.322. The van der Waals surface area contributed by atoms with Crippen LogP contribution in [0, 0.1) is 5.82 Å². The summed E-state index contributed by atoms with van der Waals surface area (Å²) in [6, 6.07) is 12.4. The highest BCUT2D eigenvalue weighted by Gasteiger charge is 2.12. The Morgan fingerprint density at radius 3 is 2.50 bits per heavy atom. The van der Waals surface area contributed by atoms with Crippen LogP contribution in [0.3, 0.4) is 0 Å². The molecule has 0 N–H and O–H groups in total. The average molecular weight is 337 g/mol.